The van der Waals surface area contributed by atoms with E-state index in [1.807, 2.05) is 30.3 Å². The van der Waals surface area contributed by atoms with Crippen LogP contribution in [-0.4, -0.2) is 32.6 Å². The van der Waals surface area contributed by atoms with Crippen LogP contribution in [-0.2, 0) is 26.3 Å². The molecule has 0 aromatic heterocycles. The van der Waals surface area contributed by atoms with Crippen molar-refractivity contribution in [3.63, 3.8) is 0 Å². The minimum atomic E-state index is -1.65. The summed E-state index contributed by atoms with van der Waals surface area (Å²) in [5.41, 5.74) is 0.0926. The van der Waals surface area contributed by atoms with Crippen LogP contribution in [0.1, 0.15) is 16.7 Å². The molecule has 1 unspecified atom stereocenters. The van der Waals surface area contributed by atoms with Crippen LogP contribution in [0, 0.1) is 0 Å². The average molecular weight is 418 g/mol. The zero-order valence-electron chi connectivity index (χ0n) is 17.3. The van der Waals surface area contributed by atoms with E-state index in [4.69, 9.17) is 18.9 Å². The number of hydrogen-bond donors (Lipinski definition) is 0. The molecule has 0 radical (unpaired) electrons. The summed E-state index contributed by atoms with van der Waals surface area (Å²) in [6.07, 6.45) is 0. The summed E-state index contributed by atoms with van der Waals surface area (Å²) < 4.78 is 21.9. The molecule has 0 aliphatic carbocycles. The monoisotopic (exact) mass is 418 g/mol. The molecule has 0 fully saturated rings. The van der Waals surface area contributed by atoms with E-state index in [0.29, 0.717) is 28.4 Å². The summed E-state index contributed by atoms with van der Waals surface area (Å²) in [5, 5.41) is 0. The Morgan fingerprint density at radius 3 is 2.29 bits per heavy atom. The minimum absolute atomic E-state index is 0.0528. The Hall–Kier alpha value is -3.80. The number of ketones is 1. The van der Waals surface area contributed by atoms with Crippen LogP contribution in [0.25, 0.3) is 0 Å². The van der Waals surface area contributed by atoms with Gasteiger partial charge >= 0.3 is 5.97 Å². The van der Waals surface area contributed by atoms with Crippen LogP contribution >= 0.6 is 0 Å². The number of hydrogen-bond acceptors (Lipinski definition) is 6. The highest BCUT2D eigenvalue weighted by molar-refractivity contribution is 6.15. The molecule has 4 rings (SSSR count). The molecule has 1 atom stereocenters. The van der Waals surface area contributed by atoms with Gasteiger partial charge in [-0.25, -0.2) is 0 Å². The lowest BCUT2D eigenvalue weighted by molar-refractivity contribution is -0.155. The van der Waals surface area contributed by atoms with Gasteiger partial charge in [0.15, 0.2) is 11.2 Å². The molecule has 3 aromatic carbocycles. The van der Waals surface area contributed by atoms with E-state index in [1.165, 1.54) is 0 Å². The average Bonchev–Trinajstić information content (AvgIpc) is 2.83. The standard InChI is InChI=1S/C25H22O6/c1-28-19-10-8-18(9-11-19)25(24(27)31-15-17-6-4-3-5-7-17)21-13-12-20(29-2)14-22(21)30-16-23(25)26/h3-14H,15-16H2,1-2H3. The van der Waals surface area contributed by atoms with Crippen LogP contribution in [0.5, 0.6) is 17.2 Å². The van der Waals surface area contributed by atoms with Crippen molar-refractivity contribution in [1.29, 1.82) is 0 Å². The first-order valence-corrected chi connectivity index (χ1v) is 9.80. The fraction of sp³-hybridized carbons (Fsp3) is 0.200. The molecule has 158 valence electrons. The summed E-state index contributed by atoms with van der Waals surface area (Å²) in [6, 6.07) is 21.2. The maximum absolute atomic E-state index is 13.6. The van der Waals surface area contributed by atoms with Crippen molar-refractivity contribution in [2.45, 2.75) is 12.0 Å². The third-order valence-corrected chi connectivity index (χ3v) is 5.41. The minimum Gasteiger partial charge on any atom is -0.497 e. The van der Waals surface area contributed by atoms with Crippen LogP contribution in [0.4, 0.5) is 0 Å². The van der Waals surface area contributed by atoms with Gasteiger partial charge in [0.05, 0.1) is 14.2 Å². The van der Waals surface area contributed by atoms with E-state index in [0.717, 1.165) is 5.56 Å². The Kier molecular flexibility index (Phi) is 5.62. The molecule has 1 aliphatic heterocycles. The Morgan fingerprint density at radius 2 is 1.61 bits per heavy atom. The summed E-state index contributed by atoms with van der Waals surface area (Å²) >= 11 is 0. The number of carbonyl (C=O) groups excluding carboxylic acids is 2. The molecule has 31 heavy (non-hydrogen) atoms. The van der Waals surface area contributed by atoms with Crippen LogP contribution < -0.4 is 14.2 Å². The van der Waals surface area contributed by atoms with Crippen molar-refractivity contribution in [3.05, 3.63) is 89.5 Å². The van der Waals surface area contributed by atoms with Crippen LogP contribution in [0.15, 0.2) is 72.8 Å². The van der Waals surface area contributed by atoms with E-state index in [9.17, 15) is 9.59 Å². The highest BCUT2D eigenvalue weighted by Crippen LogP contribution is 2.44. The zero-order valence-corrected chi connectivity index (χ0v) is 17.3. The predicted molar refractivity (Wildman–Crippen MR) is 114 cm³/mol. The Bertz CT molecular complexity index is 1090. The molecule has 0 N–H and O–H groups in total. The smallest absolute Gasteiger partial charge is 0.329 e. The van der Waals surface area contributed by atoms with Crippen molar-refractivity contribution < 1.29 is 28.5 Å². The number of benzene rings is 3. The second kappa shape index (κ2) is 8.52. The van der Waals surface area contributed by atoms with E-state index >= 15 is 0 Å². The van der Waals surface area contributed by atoms with Gasteiger partial charge < -0.3 is 18.9 Å². The molecular formula is C25H22O6. The molecule has 1 aliphatic rings. The molecule has 0 saturated heterocycles. The van der Waals surface area contributed by atoms with Gasteiger partial charge in [-0.1, -0.05) is 42.5 Å². The van der Waals surface area contributed by atoms with Gasteiger partial charge in [0.25, 0.3) is 0 Å². The van der Waals surface area contributed by atoms with Gasteiger partial charge in [-0.2, -0.15) is 0 Å². The lowest BCUT2D eigenvalue weighted by Crippen LogP contribution is -2.50. The number of Topliss-reactive ketones (excluding diaryl/α,β-unsaturated/α-hetero) is 1. The molecule has 6 heteroatoms. The fourth-order valence-corrected chi connectivity index (χ4v) is 3.79. The summed E-state index contributed by atoms with van der Waals surface area (Å²) in [5.74, 6) is 0.543. The SMILES string of the molecule is COc1ccc(C2(C(=O)OCc3ccccc3)C(=O)COc3cc(OC)ccc32)cc1. The van der Waals surface area contributed by atoms with Gasteiger partial charge in [-0.15, -0.1) is 0 Å². The Labute approximate surface area is 180 Å². The first-order valence-electron chi connectivity index (χ1n) is 9.80. The molecule has 6 nitrogen and oxygen atoms in total. The largest absolute Gasteiger partial charge is 0.497 e. The third-order valence-electron chi connectivity index (χ3n) is 5.41. The summed E-state index contributed by atoms with van der Waals surface area (Å²) in [7, 11) is 3.10. The van der Waals surface area contributed by atoms with Gasteiger partial charge in [0, 0.05) is 11.6 Å². The van der Waals surface area contributed by atoms with Crippen LogP contribution in [0.2, 0.25) is 0 Å². The Balaban J connectivity index is 1.83. The topological polar surface area (TPSA) is 71.1 Å². The van der Waals surface area contributed by atoms with E-state index < -0.39 is 17.2 Å². The zero-order chi connectivity index (χ0) is 21.8. The highest BCUT2D eigenvalue weighted by atomic mass is 16.5. The molecule has 1 heterocycles. The van der Waals surface area contributed by atoms with Gasteiger partial charge in [0.2, 0.25) is 0 Å². The molecular weight excluding hydrogens is 396 g/mol. The number of esters is 1. The number of ether oxygens (including phenoxy) is 4. The van der Waals surface area contributed by atoms with Crippen molar-refractivity contribution >= 4 is 11.8 Å². The lowest BCUT2D eigenvalue weighted by Gasteiger charge is -2.36. The van der Waals surface area contributed by atoms with E-state index in [1.54, 1.807) is 56.7 Å². The molecule has 0 saturated carbocycles. The van der Waals surface area contributed by atoms with Crippen molar-refractivity contribution in [2.75, 3.05) is 20.8 Å². The number of fused-ring (bicyclic) bond motifs is 1. The highest BCUT2D eigenvalue weighted by Gasteiger charge is 2.54. The number of carbonyl (C=O) groups is 2. The summed E-state index contributed by atoms with van der Waals surface area (Å²) in [4.78, 5) is 27.0. The molecule has 3 aromatic rings. The van der Waals surface area contributed by atoms with Gasteiger partial charge in [0.1, 0.15) is 30.5 Å². The second-order valence-electron chi connectivity index (χ2n) is 7.11. The fourth-order valence-electron chi connectivity index (χ4n) is 3.79. The predicted octanol–water partition coefficient (Wildman–Crippen LogP) is 3.69. The van der Waals surface area contributed by atoms with E-state index in [-0.39, 0.29) is 13.2 Å². The van der Waals surface area contributed by atoms with Crippen molar-refractivity contribution in [3.8, 4) is 17.2 Å². The van der Waals surface area contributed by atoms with Gasteiger partial charge in [-0.05, 0) is 35.4 Å². The first kappa shape index (κ1) is 20.5. The number of methoxy groups -OCH3 is 2. The van der Waals surface area contributed by atoms with Gasteiger partial charge in [-0.3, -0.25) is 9.59 Å². The maximum atomic E-state index is 13.6. The summed E-state index contributed by atoms with van der Waals surface area (Å²) in [6.45, 7) is -0.205. The Morgan fingerprint density at radius 1 is 0.935 bits per heavy atom. The first-order chi connectivity index (χ1) is 15.1. The molecule has 0 amide bonds. The molecule has 0 spiro atoms. The molecule has 0 bridgehead atoms. The van der Waals surface area contributed by atoms with E-state index in [2.05, 4.69) is 0 Å². The maximum Gasteiger partial charge on any atom is 0.329 e. The van der Waals surface area contributed by atoms with Crippen LogP contribution in [0.3, 0.4) is 0 Å². The van der Waals surface area contributed by atoms with Crippen molar-refractivity contribution in [2.24, 2.45) is 0 Å². The normalized spacial score (nSPS) is 17.3. The second-order valence-corrected chi connectivity index (χ2v) is 7.11. The quantitative estimate of drug-likeness (QED) is 0.449. The number of rotatable bonds is 6. The van der Waals surface area contributed by atoms with Crippen molar-refractivity contribution in [1.82, 2.24) is 0 Å². The third kappa shape index (κ3) is 3.61. The lowest BCUT2D eigenvalue weighted by atomic mass is 9.69.